The maximum atomic E-state index is 12.1. The molecular formula is C22H20N8O2. The van der Waals surface area contributed by atoms with Gasteiger partial charge in [0.25, 0.3) is 0 Å². The second kappa shape index (κ2) is 7.49. The minimum atomic E-state index is -0.946. The molecule has 0 bridgehead atoms. The molecule has 0 radical (unpaired) electrons. The van der Waals surface area contributed by atoms with Gasteiger partial charge in [-0.15, -0.1) is 5.10 Å². The lowest BCUT2D eigenvalue weighted by Crippen LogP contribution is -2.37. The number of hydrogen-bond acceptors (Lipinski definition) is 8. The Morgan fingerprint density at radius 1 is 1.16 bits per heavy atom. The number of ether oxygens (including phenoxy) is 1. The summed E-state index contributed by atoms with van der Waals surface area (Å²) in [6, 6.07) is 10.0. The molecule has 0 aliphatic heterocycles. The van der Waals surface area contributed by atoms with Crippen molar-refractivity contribution in [1.82, 2.24) is 39.7 Å². The van der Waals surface area contributed by atoms with Crippen molar-refractivity contribution in [3.63, 3.8) is 0 Å². The summed E-state index contributed by atoms with van der Waals surface area (Å²) in [5.74, 6) is -0.387. The van der Waals surface area contributed by atoms with E-state index >= 15 is 0 Å². The Bertz CT molecular complexity index is 1450. The van der Waals surface area contributed by atoms with Gasteiger partial charge in [0.2, 0.25) is 5.65 Å². The summed E-state index contributed by atoms with van der Waals surface area (Å²) in [6.07, 6.45) is 6.79. The smallest absolute Gasteiger partial charge is 0.333 e. The number of aromatic nitrogens is 8. The van der Waals surface area contributed by atoms with E-state index in [1.165, 1.54) is 7.11 Å². The van der Waals surface area contributed by atoms with Crippen LogP contribution < -0.4 is 0 Å². The SMILES string of the molecule is COC(=O)C(C)(C)n1cc(-c2cnc3nnn(Cc4ccc5ncccc5c4)c3n2)cn1. The molecule has 0 spiro atoms. The fraction of sp³-hybridized carbons (Fsp3) is 0.227. The molecule has 4 heterocycles. The second-order valence-corrected chi connectivity index (χ2v) is 7.90. The van der Waals surface area contributed by atoms with Crippen molar-refractivity contribution in [2.45, 2.75) is 25.9 Å². The number of hydrogen-bond donors (Lipinski definition) is 0. The molecule has 0 saturated carbocycles. The Hall–Kier alpha value is -4.21. The van der Waals surface area contributed by atoms with Crippen molar-refractivity contribution in [2.24, 2.45) is 0 Å². The van der Waals surface area contributed by atoms with Gasteiger partial charge in [0.1, 0.15) is 0 Å². The highest BCUT2D eigenvalue weighted by molar-refractivity contribution is 5.79. The van der Waals surface area contributed by atoms with Crippen molar-refractivity contribution in [3.05, 3.63) is 60.7 Å². The van der Waals surface area contributed by atoms with Crippen LogP contribution in [0.2, 0.25) is 0 Å². The zero-order chi connectivity index (χ0) is 22.3. The molecular weight excluding hydrogens is 408 g/mol. The molecule has 160 valence electrons. The Morgan fingerprint density at radius 3 is 2.88 bits per heavy atom. The number of benzene rings is 1. The molecule has 10 nitrogen and oxygen atoms in total. The molecule has 0 N–H and O–H groups in total. The topological polar surface area (TPSA) is 114 Å². The van der Waals surface area contributed by atoms with Crippen LogP contribution in [0.3, 0.4) is 0 Å². The molecule has 32 heavy (non-hydrogen) atoms. The van der Waals surface area contributed by atoms with Crippen LogP contribution in [-0.4, -0.2) is 52.8 Å². The predicted octanol–water partition coefficient (Wildman–Crippen LogP) is 2.59. The summed E-state index contributed by atoms with van der Waals surface area (Å²) in [6.45, 7) is 3.97. The van der Waals surface area contributed by atoms with Gasteiger partial charge >= 0.3 is 5.97 Å². The van der Waals surface area contributed by atoms with Gasteiger partial charge in [0.15, 0.2) is 11.2 Å². The first kappa shape index (κ1) is 19.7. The summed E-state index contributed by atoms with van der Waals surface area (Å²) in [4.78, 5) is 25.6. The summed E-state index contributed by atoms with van der Waals surface area (Å²) in [5, 5.41) is 13.7. The van der Waals surface area contributed by atoms with Crippen molar-refractivity contribution in [1.29, 1.82) is 0 Å². The van der Waals surface area contributed by atoms with Crippen molar-refractivity contribution < 1.29 is 9.53 Å². The first-order valence-electron chi connectivity index (χ1n) is 9.99. The fourth-order valence-electron chi connectivity index (χ4n) is 3.50. The molecule has 0 aliphatic rings. The lowest BCUT2D eigenvalue weighted by molar-refractivity contribution is -0.150. The molecule has 0 amide bonds. The molecule has 0 atom stereocenters. The Balaban J connectivity index is 1.48. The first-order valence-corrected chi connectivity index (χ1v) is 9.99. The van der Waals surface area contributed by atoms with Gasteiger partial charge < -0.3 is 4.74 Å². The van der Waals surface area contributed by atoms with Crippen LogP contribution in [-0.2, 0) is 21.6 Å². The number of pyridine rings is 1. The molecule has 5 rings (SSSR count). The zero-order valence-electron chi connectivity index (χ0n) is 17.8. The average Bonchev–Trinajstić information content (AvgIpc) is 3.46. The van der Waals surface area contributed by atoms with Crippen molar-refractivity contribution >= 4 is 28.2 Å². The summed E-state index contributed by atoms with van der Waals surface area (Å²) < 4.78 is 8.15. The summed E-state index contributed by atoms with van der Waals surface area (Å²) in [5.41, 5.74) is 3.40. The van der Waals surface area contributed by atoms with Crippen LogP contribution in [0.5, 0.6) is 0 Å². The van der Waals surface area contributed by atoms with Crippen LogP contribution in [0, 0.1) is 0 Å². The maximum absolute atomic E-state index is 12.1. The Kier molecular flexibility index (Phi) is 4.62. The van der Waals surface area contributed by atoms with Crippen LogP contribution in [0.15, 0.2) is 55.1 Å². The normalized spacial score (nSPS) is 11.8. The maximum Gasteiger partial charge on any atom is 0.333 e. The van der Waals surface area contributed by atoms with Gasteiger partial charge in [-0.3, -0.25) is 9.67 Å². The number of methoxy groups -OCH3 is 1. The largest absolute Gasteiger partial charge is 0.467 e. The van der Waals surface area contributed by atoms with E-state index in [1.807, 2.05) is 24.3 Å². The van der Waals surface area contributed by atoms with E-state index in [9.17, 15) is 4.79 Å². The summed E-state index contributed by atoms with van der Waals surface area (Å²) in [7, 11) is 1.36. The fourth-order valence-corrected chi connectivity index (χ4v) is 3.50. The van der Waals surface area contributed by atoms with E-state index in [0.29, 0.717) is 23.5 Å². The third kappa shape index (κ3) is 3.35. The number of esters is 1. The highest BCUT2D eigenvalue weighted by Gasteiger charge is 2.32. The zero-order valence-corrected chi connectivity index (χ0v) is 17.8. The average molecular weight is 428 g/mol. The van der Waals surface area contributed by atoms with Gasteiger partial charge in [-0.1, -0.05) is 17.3 Å². The minimum Gasteiger partial charge on any atom is -0.467 e. The van der Waals surface area contributed by atoms with E-state index < -0.39 is 5.54 Å². The lowest BCUT2D eigenvalue weighted by atomic mass is 10.1. The Labute approximate surface area is 182 Å². The molecule has 5 aromatic rings. The second-order valence-electron chi connectivity index (χ2n) is 7.90. The van der Waals surface area contributed by atoms with E-state index in [-0.39, 0.29) is 5.97 Å². The van der Waals surface area contributed by atoms with E-state index in [1.54, 1.807) is 48.0 Å². The van der Waals surface area contributed by atoms with Crippen molar-refractivity contribution in [3.8, 4) is 11.3 Å². The van der Waals surface area contributed by atoms with Crippen LogP contribution in [0.25, 0.3) is 33.5 Å². The first-order chi connectivity index (χ1) is 15.5. The van der Waals surface area contributed by atoms with Gasteiger partial charge in [-0.2, -0.15) is 5.10 Å². The number of carbonyl (C=O) groups excluding carboxylic acids is 1. The van der Waals surface area contributed by atoms with Crippen LogP contribution in [0.1, 0.15) is 19.4 Å². The van der Waals surface area contributed by atoms with Gasteiger partial charge in [0.05, 0.1) is 37.3 Å². The van der Waals surface area contributed by atoms with Crippen LogP contribution >= 0.6 is 0 Å². The lowest BCUT2D eigenvalue weighted by Gasteiger charge is -2.21. The van der Waals surface area contributed by atoms with Crippen LogP contribution in [0.4, 0.5) is 0 Å². The molecule has 1 aromatic carbocycles. The number of fused-ring (bicyclic) bond motifs is 2. The number of nitrogens with zero attached hydrogens (tertiary/aromatic N) is 8. The van der Waals surface area contributed by atoms with Gasteiger partial charge in [-0.05, 0) is 37.6 Å². The number of carbonyl (C=O) groups is 1. The van der Waals surface area contributed by atoms with Crippen molar-refractivity contribution in [2.75, 3.05) is 7.11 Å². The third-order valence-corrected chi connectivity index (χ3v) is 5.36. The van der Waals surface area contributed by atoms with E-state index in [4.69, 9.17) is 9.72 Å². The van der Waals surface area contributed by atoms with Gasteiger partial charge in [-0.25, -0.2) is 19.4 Å². The predicted molar refractivity (Wildman–Crippen MR) is 117 cm³/mol. The summed E-state index contributed by atoms with van der Waals surface area (Å²) >= 11 is 0. The molecule has 4 aromatic heterocycles. The monoisotopic (exact) mass is 428 g/mol. The molecule has 0 saturated heterocycles. The Morgan fingerprint density at radius 2 is 2.03 bits per heavy atom. The highest BCUT2D eigenvalue weighted by Crippen LogP contribution is 2.23. The molecule has 10 heteroatoms. The van der Waals surface area contributed by atoms with E-state index in [2.05, 4.69) is 31.4 Å². The molecule has 0 aliphatic carbocycles. The van der Waals surface area contributed by atoms with E-state index in [0.717, 1.165) is 22.0 Å². The molecule has 0 unspecified atom stereocenters. The van der Waals surface area contributed by atoms with Gasteiger partial charge in [0, 0.05) is 23.3 Å². The quantitative estimate of drug-likeness (QED) is 0.393. The third-order valence-electron chi connectivity index (χ3n) is 5.36. The standard InChI is InChI=1S/C22H20N8O2/c1-22(2,21(31)32-3)30-13-16(10-25-30)18-11-24-19-20(26-18)29(28-27-19)12-14-6-7-17-15(9-14)5-4-8-23-17/h4-11,13H,12H2,1-3H3. The minimum absolute atomic E-state index is 0.387. The number of rotatable bonds is 5. The molecule has 0 fully saturated rings. The highest BCUT2D eigenvalue weighted by atomic mass is 16.5.